The standard InChI is InChI=1S/C9H12FP/c1-6(2)8-5-7(11)3-4-9(8)10/h3-6H,11H2,1-2H3. The molecule has 0 bridgehead atoms. The van der Waals surface area contributed by atoms with Crippen LogP contribution in [-0.2, 0) is 0 Å². The fourth-order valence-electron chi connectivity index (χ4n) is 1.00. The van der Waals surface area contributed by atoms with Gasteiger partial charge >= 0.3 is 0 Å². The van der Waals surface area contributed by atoms with Crippen LogP contribution in [0.5, 0.6) is 0 Å². The van der Waals surface area contributed by atoms with E-state index in [4.69, 9.17) is 0 Å². The van der Waals surface area contributed by atoms with Crippen LogP contribution in [-0.4, -0.2) is 0 Å². The summed E-state index contributed by atoms with van der Waals surface area (Å²) < 4.78 is 13.0. The molecular formula is C9H12FP. The number of halogens is 1. The first-order chi connectivity index (χ1) is 5.11. The second-order valence-corrected chi connectivity index (χ2v) is 3.60. The highest BCUT2D eigenvalue weighted by Crippen LogP contribution is 2.16. The van der Waals surface area contributed by atoms with Gasteiger partial charge in [-0.25, -0.2) is 4.39 Å². The van der Waals surface area contributed by atoms with E-state index >= 15 is 0 Å². The molecule has 1 unspecified atom stereocenters. The van der Waals surface area contributed by atoms with E-state index in [1.807, 2.05) is 19.9 Å². The van der Waals surface area contributed by atoms with Gasteiger partial charge in [-0.05, 0) is 28.9 Å². The average Bonchev–Trinajstić information content (AvgIpc) is 1.94. The fourth-order valence-corrected chi connectivity index (χ4v) is 1.28. The van der Waals surface area contributed by atoms with Crippen LogP contribution in [0.25, 0.3) is 0 Å². The van der Waals surface area contributed by atoms with Crippen LogP contribution < -0.4 is 5.30 Å². The van der Waals surface area contributed by atoms with Crippen molar-refractivity contribution in [2.45, 2.75) is 19.8 Å². The van der Waals surface area contributed by atoms with Crippen LogP contribution in [0, 0.1) is 5.82 Å². The van der Waals surface area contributed by atoms with E-state index in [1.165, 1.54) is 6.07 Å². The second-order valence-electron chi connectivity index (χ2n) is 2.94. The van der Waals surface area contributed by atoms with Gasteiger partial charge in [0.15, 0.2) is 0 Å². The first kappa shape index (κ1) is 8.67. The van der Waals surface area contributed by atoms with E-state index < -0.39 is 0 Å². The normalized spacial score (nSPS) is 10.6. The van der Waals surface area contributed by atoms with Crippen LogP contribution in [0.1, 0.15) is 25.3 Å². The van der Waals surface area contributed by atoms with Crippen molar-refractivity contribution in [1.29, 1.82) is 0 Å². The zero-order chi connectivity index (χ0) is 8.43. The van der Waals surface area contributed by atoms with Gasteiger partial charge in [-0.15, -0.1) is 9.24 Å². The molecule has 2 heteroatoms. The van der Waals surface area contributed by atoms with Crippen molar-refractivity contribution < 1.29 is 4.39 Å². The SMILES string of the molecule is CC(C)c1cc(P)ccc1F. The maximum Gasteiger partial charge on any atom is 0.126 e. The number of hydrogen-bond acceptors (Lipinski definition) is 0. The minimum absolute atomic E-state index is 0.105. The van der Waals surface area contributed by atoms with Gasteiger partial charge in [-0.3, -0.25) is 0 Å². The van der Waals surface area contributed by atoms with Gasteiger partial charge in [0, 0.05) is 0 Å². The Morgan fingerprint density at radius 1 is 1.36 bits per heavy atom. The molecule has 0 radical (unpaired) electrons. The summed E-state index contributed by atoms with van der Waals surface area (Å²) in [7, 11) is 2.56. The molecule has 0 spiro atoms. The lowest BCUT2D eigenvalue weighted by Crippen LogP contribution is -1.99. The molecule has 0 aliphatic heterocycles. The molecule has 0 nitrogen and oxygen atoms in total. The van der Waals surface area contributed by atoms with Crippen LogP contribution in [0.15, 0.2) is 18.2 Å². The highest BCUT2D eigenvalue weighted by Gasteiger charge is 2.05. The molecule has 1 atom stereocenters. The first-order valence-electron chi connectivity index (χ1n) is 3.66. The first-order valence-corrected chi connectivity index (χ1v) is 4.24. The minimum atomic E-state index is -0.105. The topological polar surface area (TPSA) is 0 Å². The Morgan fingerprint density at radius 3 is 2.45 bits per heavy atom. The monoisotopic (exact) mass is 170 g/mol. The van der Waals surface area contributed by atoms with E-state index in [-0.39, 0.29) is 11.7 Å². The molecule has 0 saturated carbocycles. The molecule has 0 fully saturated rings. The van der Waals surface area contributed by atoms with E-state index in [2.05, 4.69) is 9.24 Å². The molecule has 0 aliphatic carbocycles. The van der Waals surface area contributed by atoms with E-state index in [9.17, 15) is 4.39 Å². The van der Waals surface area contributed by atoms with E-state index in [0.29, 0.717) is 0 Å². The highest BCUT2D eigenvalue weighted by molar-refractivity contribution is 7.27. The zero-order valence-corrected chi connectivity index (χ0v) is 7.92. The Kier molecular flexibility index (Phi) is 2.62. The summed E-state index contributed by atoms with van der Waals surface area (Å²) in [6, 6.07) is 5.13. The molecule has 1 rings (SSSR count). The van der Waals surface area contributed by atoms with Gasteiger partial charge in [0.1, 0.15) is 5.82 Å². The molecule has 0 heterocycles. The van der Waals surface area contributed by atoms with Gasteiger partial charge in [-0.1, -0.05) is 19.9 Å². The number of hydrogen-bond donors (Lipinski definition) is 0. The fraction of sp³-hybridized carbons (Fsp3) is 0.333. The molecule has 0 N–H and O–H groups in total. The molecule has 1 aromatic carbocycles. The van der Waals surface area contributed by atoms with E-state index in [1.54, 1.807) is 6.07 Å². The van der Waals surface area contributed by atoms with Gasteiger partial charge < -0.3 is 0 Å². The Labute approximate surface area is 69.0 Å². The third kappa shape index (κ3) is 2.00. The molecule has 0 aliphatic rings. The van der Waals surface area contributed by atoms with Crippen molar-refractivity contribution in [2.24, 2.45) is 0 Å². The second kappa shape index (κ2) is 3.32. The molecule has 60 valence electrons. The van der Waals surface area contributed by atoms with Crippen molar-refractivity contribution in [3.05, 3.63) is 29.6 Å². The molecule has 0 saturated heterocycles. The van der Waals surface area contributed by atoms with Crippen LogP contribution in [0.3, 0.4) is 0 Å². The highest BCUT2D eigenvalue weighted by atomic mass is 31.0. The maximum atomic E-state index is 13.0. The van der Waals surface area contributed by atoms with Crippen molar-refractivity contribution in [3.63, 3.8) is 0 Å². The molecular weight excluding hydrogens is 158 g/mol. The minimum Gasteiger partial charge on any atom is -0.207 e. The lowest BCUT2D eigenvalue weighted by molar-refractivity contribution is 0.599. The zero-order valence-electron chi connectivity index (χ0n) is 6.76. The molecule has 1 aromatic rings. The number of rotatable bonds is 1. The van der Waals surface area contributed by atoms with Crippen molar-refractivity contribution >= 4 is 14.5 Å². The molecule has 11 heavy (non-hydrogen) atoms. The average molecular weight is 170 g/mol. The Balaban J connectivity index is 3.13. The predicted molar refractivity (Wildman–Crippen MR) is 49.8 cm³/mol. The van der Waals surface area contributed by atoms with E-state index in [0.717, 1.165) is 10.9 Å². The Bertz CT molecular complexity index is 256. The smallest absolute Gasteiger partial charge is 0.126 e. The predicted octanol–water partition coefficient (Wildman–Crippen LogP) is 2.45. The third-order valence-electron chi connectivity index (χ3n) is 1.64. The third-order valence-corrected chi connectivity index (χ3v) is 2.00. The van der Waals surface area contributed by atoms with Gasteiger partial charge in [0.25, 0.3) is 0 Å². The Morgan fingerprint density at radius 2 is 2.00 bits per heavy atom. The Hall–Kier alpha value is -0.420. The van der Waals surface area contributed by atoms with Gasteiger partial charge in [0.05, 0.1) is 0 Å². The summed E-state index contributed by atoms with van der Waals surface area (Å²) in [5, 5.41) is 1.04. The lowest BCUT2D eigenvalue weighted by Gasteiger charge is -2.06. The van der Waals surface area contributed by atoms with Gasteiger partial charge in [-0.2, -0.15) is 0 Å². The van der Waals surface area contributed by atoms with Crippen molar-refractivity contribution in [3.8, 4) is 0 Å². The summed E-state index contributed by atoms with van der Waals surface area (Å²) in [6.45, 7) is 3.98. The van der Waals surface area contributed by atoms with Gasteiger partial charge in [0.2, 0.25) is 0 Å². The maximum absolute atomic E-state index is 13.0. The van der Waals surface area contributed by atoms with Crippen LogP contribution in [0.2, 0.25) is 0 Å². The largest absolute Gasteiger partial charge is 0.207 e. The van der Waals surface area contributed by atoms with Crippen LogP contribution >= 0.6 is 9.24 Å². The summed E-state index contributed by atoms with van der Waals surface area (Å²) in [5.41, 5.74) is 0.789. The molecule has 0 amide bonds. The van der Waals surface area contributed by atoms with Crippen molar-refractivity contribution in [2.75, 3.05) is 0 Å². The quantitative estimate of drug-likeness (QED) is 0.568. The molecule has 0 aromatic heterocycles. The lowest BCUT2D eigenvalue weighted by atomic mass is 10.0. The summed E-state index contributed by atoms with van der Waals surface area (Å²) in [4.78, 5) is 0. The summed E-state index contributed by atoms with van der Waals surface area (Å²) in [6.07, 6.45) is 0. The summed E-state index contributed by atoms with van der Waals surface area (Å²) >= 11 is 0. The number of benzene rings is 1. The van der Waals surface area contributed by atoms with Crippen molar-refractivity contribution in [1.82, 2.24) is 0 Å². The van der Waals surface area contributed by atoms with Crippen LogP contribution in [0.4, 0.5) is 4.39 Å². The summed E-state index contributed by atoms with van der Waals surface area (Å²) in [5.74, 6) is 0.154.